The molecule has 6 heterocycles. The summed E-state index contributed by atoms with van der Waals surface area (Å²) in [4.78, 5) is 9.40. The minimum atomic E-state index is 0.689. The topological polar surface area (TPSA) is 71.9 Å². The second-order valence-corrected chi connectivity index (χ2v) is 15.9. The maximum atomic E-state index is 6.54. The molecule has 59 heavy (non-hydrogen) atoms. The maximum absolute atomic E-state index is 6.54. The quantitative estimate of drug-likeness (QED) is 0.166. The molecule has 278 valence electrons. The van der Waals surface area contributed by atoms with E-state index in [0.29, 0.717) is 11.8 Å². The summed E-state index contributed by atoms with van der Waals surface area (Å²) in [6, 6.07) is 58.1. The van der Waals surface area contributed by atoms with Gasteiger partial charge in [-0.2, -0.15) is 0 Å². The van der Waals surface area contributed by atoms with E-state index in [9.17, 15) is 0 Å². The Bertz CT molecular complexity index is 3480. The van der Waals surface area contributed by atoms with E-state index in [-0.39, 0.29) is 0 Å². The zero-order chi connectivity index (χ0) is 38.6. The van der Waals surface area contributed by atoms with Crippen LogP contribution in [0.15, 0.2) is 194 Å². The monoisotopic (exact) mass is 779 g/mol. The van der Waals surface area contributed by atoms with E-state index >= 15 is 0 Å². The van der Waals surface area contributed by atoms with E-state index in [1.807, 2.05) is 79.0 Å². The van der Waals surface area contributed by atoms with Crippen molar-refractivity contribution in [1.29, 1.82) is 0 Å². The molecule has 7 aromatic carbocycles. The van der Waals surface area contributed by atoms with Gasteiger partial charge in [-0.3, -0.25) is 14.8 Å². The van der Waals surface area contributed by atoms with E-state index in [1.54, 1.807) is 11.3 Å². The third-order valence-corrected chi connectivity index (χ3v) is 12.4. The summed E-state index contributed by atoms with van der Waals surface area (Å²) in [7, 11) is 0. The van der Waals surface area contributed by atoms with Gasteiger partial charge in [0.2, 0.25) is 11.8 Å². The number of nitrogens with zero attached hydrogens (tertiary/aromatic N) is 3. The fraction of sp³-hybridized carbons (Fsp3) is 0. The number of anilines is 6. The lowest BCUT2D eigenvalue weighted by molar-refractivity contribution is 0.620. The standard InChI is InChI=1S/C51H29N3O4S/c1-5-13-41-30(9-1)23-49(57-41)53(32-17-20-38-36-11-3-7-15-43(36)55-45(38)25-32)34-19-22-40-47(27-34)59-48-28-35(29-52-51(40)48)54(50-24-31-10-2-6-14-42(31)58-50)33-18-21-39-37-12-4-8-16-44(37)56-46(39)26-33/h1-29H. The molecule has 6 aromatic heterocycles. The van der Waals surface area contributed by atoms with E-state index in [4.69, 9.17) is 22.7 Å². The SMILES string of the molecule is c1ccc2oc(N(c3ccc4c(c3)oc3ccccc34)c3ccc4c(c3)sc3cc(N(c5ccc6c(c5)oc5ccccc56)c5cc6ccccc6o5)cnc34)cc2c1. The van der Waals surface area contributed by atoms with Gasteiger partial charge in [-0.05, 0) is 72.8 Å². The van der Waals surface area contributed by atoms with Gasteiger partial charge in [0.15, 0.2) is 0 Å². The molecule has 0 fully saturated rings. The number of thiophene rings is 1. The third kappa shape index (κ3) is 5.03. The number of para-hydroxylation sites is 4. The van der Waals surface area contributed by atoms with Gasteiger partial charge in [0.05, 0.1) is 39.2 Å². The van der Waals surface area contributed by atoms with Crippen LogP contribution in [-0.4, -0.2) is 4.98 Å². The van der Waals surface area contributed by atoms with E-state index in [2.05, 4.69) is 107 Å². The van der Waals surface area contributed by atoms with Gasteiger partial charge in [0.1, 0.15) is 33.5 Å². The Labute approximate surface area is 339 Å². The first kappa shape index (κ1) is 32.3. The van der Waals surface area contributed by atoms with Crippen molar-refractivity contribution in [2.75, 3.05) is 9.80 Å². The Morgan fingerprint density at radius 3 is 1.39 bits per heavy atom. The van der Waals surface area contributed by atoms with Crippen LogP contribution >= 0.6 is 11.3 Å². The Morgan fingerprint density at radius 1 is 0.356 bits per heavy atom. The summed E-state index contributed by atoms with van der Waals surface area (Å²) in [5.41, 5.74) is 9.60. The van der Waals surface area contributed by atoms with Gasteiger partial charge in [-0.15, -0.1) is 11.3 Å². The zero-order valence-corrected chi connectivity index (χ0v) is 31.9. The van der Waals surface area contributed by atoms with Crippen LogP contribution in [0.2, 0.25) is 0 Å². The van der Waals surface area contributed by atoms with Gasteiger partial charge in [-0.1, -0.05) is 72.8 Å². The molecular formula is C51H29N3O4S. The lowest BCUT2D eigenvalue weighted by Crippen LogP contribution is -2.09. The number of hydrogen-bond donors (Lipinski definition) is 0. The minimum Gasteiger partial charge on any atom is -0.456 e. The first-order valence-corrected chi connectivity index (χ1v) is 20.2. The Hall–Kier alpha value is -7.81. The van der Waals surface area contributed by atoms with E-state index in [0.717, 1.165) is 109 Å². The molecule has 8 heteroatoms. The number of hydrogen-bond acceptors (Lipinski definition) is 8. The molecule has 0 unspecified atom stereocenters. The van der Waals surface area contributed by atoms with Crippen molar-refractivity contribution >= 4 is 132 Å². The fourth-order valence-corrected chi connectivity index (χ4v) is 9.69. The molecule has 0 aliphatic carbocycles. The Kier molecular flexibility index (Phi) is 6.76. The number of benzene rings is 7. The van der Waals surface area contributed by atoms with Crippen LogP contribution in [0.5, 0.6) is 0 Å². The molecule has 0 N–H and O–H groups in total. The number of fused-ring (bicyclic) bond motifs is 11. The molecule has 0 atom stereocenters. The fourth-order valence-electron chi connectivity index (χ4n) is 8.56. The third-order valence-electron chi connectivity index (χ3n) is 11.3. The first-order chi connectivity index (χ1) is 29.2. The van der Waals surface area contributed by atoms with Crippen LogP contribution in [-0.2, 0) is 0 Å². The molecule has 0 aliphatic rings. The van der Waals surface area contributed by atoms with Gasteiger partial charge >= 0.3 is 0 Å². The van der Waals surface area contributed by atoms with Crippen molar-refractivity contribution in [3.8, 4) is 0 Å². The average Bonchev–Trinajstić information content (AvgIpc) is 4.10. The zero-order valence-electron chi connectivity index (χ0n) is 31.1. The molecule has 0 bridgehead atoms. The summed E-state index contributed by atoms with van der Waals surface area (Å²) in [5, 5.41) is 7.46. The van der Waals surface area contributed by atoms with Crippen LogP contribution in [0, 0.1) is 0 Å². The largest absolute Gasteiger partial charge is 0.456 e. The highest BCUT2D eigenvalue weighted by atomic mass is 32.1. The van der Waals surface area contributed by atoms with Crippen LogP contribution in [0.3, 0.4) is 0 Å². The molecule has 7 nitrogen and oxygen atoms in total. The highest BCUT2D eigenvalue weighted by Gasteiger charge is 2.23. The normalized spacial score (nSPS) is 12.1. The van der Waals surface area contributed by atoms with Gasteiger partial charge in [0, 0.05) is 66.7 Å². The van der Waals surface area contributed by atoms with Crippen molar-refractivity contribution < 1.29 is 17.7 Å². The van der Waals surface area contributed by atoms with Crippen LogP contribution in [0.25, 0.3) is 86.1 Å². The first-order valence-electron chi connectivity index (χ1n) is 19.4. The molecule has 0 saturated carbocycles. The Balaban J connectivity index is 0.959. The second kappa shape index (κ2) is 12.3. The molecule has 0 radical (unpaired) electrons. The molecule has 0 spiro atoms. The molecule has 0 saturated heterocycles. The molecule has 0 amide bonds. The summed E-state index contributed by atoms with van der Waals surface area (Å²) in [6.07, 6.45) is 1.93. The number of furan rings is 4. The summed E-state index contributed by atoms with van der Waals surface area (Å²) >= 11 is 1.71. The van der Waals surface area contributed by atoms with Crippen LogP contribution < -0.4 is 9.80 Å². The van der Waals surface area contributed by atoms with Crippen LogP contribution in [0.1, 0.15) is 0 Å². The lowest BCUT2D eigenvalue weighted by Gasteiger charge is -2.22. The molecule has 13 rings (SSSR count). The summed E-state index contributed by atoms with van der Waals surface area (Å²) < 4.78 is 27.9. The maximum Gasteiger partial charge on any atom is 0.205 e. The van der Waals surface area contributed by atoms with Crippen molar-refractivity contribution in [3.05, 3.63) is 176 Å². The minimum absolute atomic E-state index is 0.689. The number of aromatic nitrogens is 1. The van der Waals surface area contributed by atoms with Crippen molar-refractivity contribution in [3.63, 3.8) is 0 Å². The Morgan fingerprint density at radius 2 is 0.814 bits per heavy atom. The van der Waals surface area contributed by atoms with E-state index < -0.39 is 0 Å². The van der Waals surface area contributed by atoms with E-state index in [1.165, 1.54) is 0 Å². The van der Waals surface area contributed by atoms with Crippen molar-refractivity contribution in [2.24, 2.45) is 0 Å². The predicted octanol–water partition coefficient (Wildman–Crippen LogP) is 15.7. The average molecular weight is 780 g/mol. The van der Waals surface area contributed by atoms with Crippen molar-refractivity contribution in [1.82, 2.24) is 4.98 Å². The van der Waals surface area contributed by atoms with Gasteiger partial charge < -0.3 is 17.7 Å². The molecule has 0 aliphatic heterocycles. The highest BCUT2D eigenvalue weighted by molar-refractivity contribution is 7.25. The number of pyridine rings is 1. The smallest absolute Gasteiger partial charge is 0.205 e. The van der Waals surface area contributed by atoms with Gasteiger partial charge in [-0.25, -0.2) is 0 Å². The highest BCUT2D eigenvalue weighted by Crippen LogP contribution is 2.46. The van der Waals surface area contributed by atoms with Gasteiger partial charge in [0.25, 0.3) is 0 Å². The molecular weight excluding hydrogens is 751 g/mol. The van der Waals surface area contributed by atoms with Crippen molar-refractivity contribution in [2.45, 2.75) is 0 Å². The molecule has 13 aromatic rings. The second-order valence-electron chi connectivity index (χ2n) is 14.8. The predicted molar refractivity (Wildman–Crippen MR) is 241 cm³/mol. The summed E-state index contributed by atoms with van der Waals surface area (Å²) in [5.74, 6) is 1.40. The number of rotatable bonds is 6. The van der Waals surface area contributed by atoms with Crippen LogP contribution in [0.4, 0.5) is 34.5 Å². The summed E-state index contributed by atoms with van der Waals surface area (Å²) in [6.45, 7) is 0. The lowest BCUT2D eigenvalue weighted by atomic mass is 10.1.